The number of hydrogen-bond acceptors (Lipinski definition) is 4. The molecule has 0 fully saturated rings. The van der Waals surface area contributed by atoms with Gasteiger partial charge in [0.2, 0.25) is 0 Å². The molecule has 0 aliphatic heterocycles. The van der Waals surface area contributed by atoms with E-state index in [1.165, 1.54) is 11.1 Å². The first-order chi connectivity index (χ1) is 13.2. The van der Waals surface area contributed by atoms with Crippen LogP contribution in [0.2, 0.25) is 0 Å². The van der Waals surface area contributed by atoms with Crippen LogP contribution < -0.4 is 14.8 Å². The van der Waals surface area contributed by atoms with Gasteiger partial charge in [0.25, 0.3) is 5.91 Å². The molecule has 142 valence electrons. The SMILES string of the molecule is COc1ccc(CCNC(=O)C(=CO)c2ccc3c(c2)CCC3)cc1OC. The summed E-state index contributed by atoms with van der Waals surface area (Å²) in [5.74, 6) is 1.05. The van der Waals surface area contributed by atoms with Gasteiger partial charge in [0.05, 0.1) is 26.1 Å². The monoisotopic (exact) mass is 367 g/mol. The summed E-state index contributed by atoms with van der Waals surface area (Å²) < 4.78 is 10.5. The molecule has 27 heavy (non-hydrogen) atoms. The maximum atomic E-state index is 12.5. The Balaban J connectivity index is 1.61. The molecule has 1 aliphatic carbocycles. The van der Waals surface area contributed by atoms with Crippen LogP contribution in [0.1, 0.15) is 28.7 Å². The predicted octanol–water partition coefficient (Wildman–Crippen LogP) is 3.45. The Morgan fingerprint density at radius 2 is 1.85 bits per heavy atom. The van der Waals surface area contributed by atoms with E-state index in [2.05, 4.69) is 11.4 Å². The number of benzene rings is 2. The van der Waals surface area contributed by atoms with Crippen molar-refractivity contribution in [1.29, 1.82) is 0 Å². The average Bonchev–Trinajstić information content (AvgIpc) is 3.16. The number of carbonyl (C=O) groups excluding carboxylic acids is 1. The number of fused-ring (bicyclic) bond motifs is 1. The van der Waals surface area contributed by atoms with Gasteiger partial charge in [-0.05, 0) is 60.1 Å². The second-order valence-electron chi connectivity index (χ2n) is 6.58. The molecule has 0 saturated heterocycles. The van der Waals surface area contributed by atoms with E-state index in [0.29, 0.717) is 24.5 Å². The van der Waals surface area contributed by atoms with Crippen LogP contribution >= 0.6 is 0 Å². The summed E-state index contributed by atoms with van der Waals surface area (Å²) in [6.45, 7) is 0.455. The number of amides is 1. The first kappa shape index (κ1) is 18.8. The number of nitrogens with one attached hydrogen (secondary N) is 1. The van der Waals surface area contributed by atoms with Gasteiger partial charge in [0.15, 0.2) is 11.5 Å². The van der Waals surface area contributed by atoms with Crippen LogP contribution in [0.4, 0.5) is 0 Å². The zero-order chi connectivity index (χ0) is 19.2. The lowest BCUT2D eigenvalue weighted by Gasteiger charge is -2.11. The van der Waals surface area contributed by atoms with Crippen LogP contribution in [0.5, 0.6) is 11.5 Å². The van der Waals surface area contributed by atoms with Gasteiger partial charge in [-0.25, -0.2) is 0 Å². The number of ether oxygens (including phenoxy) is 2. The zero-order valence-electron chi connectivity index (χ0n) is 15.7. The molecule has 0 spiro atoms. The van der Waals surface area contributed by atoms with E-state index in [1.54, 1.807) is 14.2 Å². The van der Waals surface area contributed by atoms with E-state index < -0.39 is 0 Å². The van der Waals surface area contributed by atoms with Gasteiger partial charge in [-0.15, -0.1) is 0 Å². The number of rotatable bonds is 7. The van der Waals surface area contributed by atoms with Gasteiger partial charge >= 0.3 is 0 Å². The molecular weight excluding hydrogens is 342 g/mol. The number of methoxy groups -OCH3 is 2. The summed E-state index contributed by atoms with van der Waals surface area (Å²) in [5.41, 5.74) is 4.67. The second kappa shape index (κ2) is 8.62. The third kappa shape index (κ3) is 4.25. The quantitative estimate of drug-likeness (QED) is 0.581. The van der Waals surface area contributed by atoms with Gasteiger partial charge in [0, 0.05) is 6.54 Å². The number of carbonyl (C=O) groups is 1. The van der Waals surface area contributed by atoms with Crippen molar-refractivity contribution in [1.82, 2.24) is 5.32 Å². The van der Waals surface area contributed by atoms with Crippen molar-refractivity contribution in [2.24, 2.45) is 0 Å². The van der Waals surface area contributed by atoms with E-state index in [9.17, 15) is 9.90 Å². The number of aryl methyl sites for hydroxylation is 2. The molecule has 1 aliphatic rings. The first-order valence-electron chi connectivity index (χ1n) is 9.12. The highest BCUT2D eigenvalue weighted by atomic mass is 16.5. The van der Waals surface area contributed by atoms with E-state index in [-0.39, 0.29) is 11.5 Å². The Morgan fingerprint density at radius 3 is 2.59 bits per heavy atom. The van der Waals surface area contributed by atoms with Gasteiger partial charge < -0.3 is 19.9 Å². The lowest BCUT2D eigenvalue weighted by atomic mass is 10.0. The molecule has 0 atom stereocenters. The Labute approximate surface area is 159 Å². The van der Waals surface area contributed by atoms with E-state index >= 15 is 0 Å². The minimum atomic E-state index is -0.282. The molecule has 3 rings (SSSR count). The summed E-state index contributed by atoms with van der Waals surface area (Å²) in [6.07, 6.45) is 4.81. The molecule has 0 saturated carbocycles. The minimum absolute atomic E-state index is 0.282. The van der Waals surface area contributed by atoms with Crippen LogP contribution in [-0.2, 0) is 24.1 Å². The number of aliphatic hydroxyl groups is 1. The Hall–Kier alpha value is -2.95. The van der Waals surface area contributed by atoms with Crippen LogP contribution in [0.25, 0.3) is 5.57 Å². The van der Waals surface area contributed by atoms with Crippen molar-refractivity contribution < 1.29 is 19.4 Å². The molecule has 2 aromatic carbocycles. The average molecular weight is 367 g/mol. The lowest BCUT2D eigenvalue weighted by Crippen LogP contribution is -2.26. The van der Waals surface area contributed by atoms with Crippen LogP contribution in [0.15, 0.2) is 42.7 Å². The topological polar surface area (TPSA) is 67.8 Å². The van der Waals surface area contributed by atoms with Crippen molar-refractivity contribution in [2.45, 2.75) is 25.7 Å². The van der Waals surface area contributed by atoms with Gasteiger partial charge in [0.1, 0.15) is 0 Å². The highest BCUT2D eigenvalue weighted by Gasteiger charge is 2.16. The largest absolute Gasteiger partial charge is 0.515 e. The highest BCUT2D eigenvalue weighted by Crippen LogP contribution is 2.28. The molecule has 5 heteroatoms. The third-order valence-electron chi connectivity index (χ3n) is 4.93. The molecule has 0 radical (unpaired) electrons. The van der Waals surface area contributed by atoms with Gasteiger partial charge in [-0.1, -0.05) is 24.3 Å². The molecule has 2 N–H and O–H groups in total. The Kier molecular flexibility index (Phi) is 6.01. The minimum Gasteiger partial charge on any atom is -0.515 e. The fourth-order valence-electron chi connectivity index (χ4n) is 3.46. The zero-order valence-corrected chi connectivity index (χ0v) is 15.7. The third-order valence-corrected chi connectivity index (χ3v) is 4.93. The number of aliphatic hydroxyl groups excluding tert-OH is 1. The van der Waals surface area contributed by atoms with Crippen molar-refractivity contribution in [3.05, 3.63) is 64.9 Å². The molecule has 1 amide bonds. The maximum absolute atomic E-state index is 12.5. The van der Waals surface area contributed by atoms with Crippen LogP contribution in [-0.4, -0.2) is 31.8 Å². The standard InChI is InChI=1S/C22H25NO4/c1-26-20-9-6-15(12-21(20)27-2)10-11-23-22(25)19(14-24)18-8-7-16-4-3-5-17(16)13-18/h6-9,12-14,24H,3-5,10-11H2,1-2H3,(H,23,25). The predicted molar refractivity (Wildman–Crippen MR) is 105 cm³/mol. The van der Waals surface area contributed by atoms with Crippen LogP contribution in [0.3, 0.4) is 0 Å². The van der Waals surface area contributed by atoms with Crippen molar-refractivity contribution in [3.8, 4) is 11.5 Å². The van der Waals surface area contributed by atoms with E-state index in [0.717, 1.165) is 36.7 Å². The van der Waals surface area contributed by atoms with Crippen molar-refractivity contribution in [3.63, 3.8) is 0 Å². The molecule has 0 heterocycles. The fraction of sp³-hybridized carbons (Fsp3) is 0.318. The van der Waals surface area contributed by atoms with Gasteiger partial charge in [-0.2, -0.15) is 0 Å². The summed E-state index contributed by atoms with van der Waals surface area (Å²) in [5, 5.41) is 12.5. The molecular formula is C22H25NO4. The maximum Gasteiger partial charge on any atom is 0.255 e. The van der Waals surface area contributed by atoms with E-state index in [4.69, 9.17) is 9.47 Å². The van der Waals surface area contributed by atoms with Crippen molar-refractivity contribution >= 4 is 11.5 Å². The second-order valence-corrected chi connectivity index (χ2v) is 6.58. The molecule has 0 bridgehead atoms. The lowest BCUT2D eigenvalue weighted by molar-refractivity contribution is -0.115. The highest BCUT2D eigenvalue weighted by molar-refractivity contribution is 6.19. The molecule has 0 aromatic heterocycles. The smallest absolute Gasteiger partial charge is 0.255 e. The molecule has 2 aromatic rings. The Morgan fingerprint density at radius 1 is 1.07 bits per heavy atom. The summed E-state index contributed by atoms with van der Waals surface area (Å²) in [4.78, 5) is 12.5. The normalized spacial score (nSPS) is 13.2. The summed E-state index contributed by atoms with van der Waals surface area (Å²) in [7, 11) is 3.19. The molecule has 5 nitrogen and oxygen atoms in total. The molecule has 0 unspecified atom stereocenters. The van der Waals surface area contributed by atoms with E-state index in [1.807, 2.05) is 30.3 Å². The number of hydrogen-bond donors (Lipinski definition) is 2. The first-order valence-corrected chi connectivity index (χ1v) is 9.12. The van der Waals surface area contributed by atoms with Gasteiger partial charge in [-0.3, -0.25) is 4.79 Å². The summed E-state index contributed by atoms with van der Waals surface area (Å²) >= 11 is 0. The summed E-state index contributed by atoms with van der Waals surface area (Å²) in [6, 6.07) is 11.7. The van der Waals surface area contributed by atoms with Crippen LogP contribution in [0, 0.1) is 0 Å². The fourth-order valence-corrected chi connectivity index (χ4v) is 3.46. The van der Waals surface area contributed by atoms with Crippen molar-refractivity contribution in [2.75, 3.05) is 20.8 Å². The Bertz CT molecular complexity index is 857.